The van der Waals surface area contributed by atoms with E-state index < -0.39 is 0 Å². The van der Waals surface area contributed by atoms with Gasteiger partial charge in [0.25, 0.3) is 0 Å². The molecule has 2 heterocycles. The van der Waals surface area contributed by atoms with Gasteiger partial charge in [0.15, 0.2) is 0 Å². The molecule has 6 heteroatoms. The molecule has 1 aromatic heterocycles. The van der Waals surface area contributed by atoms with Gasteiger partial charge in [-0.1, -0.05) is 0 Å². The summed E-state index contributed by atoms with van der Waals surface area (Å²) in [6.45, 7) is 8.48. The summed E-state index contributed by atoms with van der Waals surface area (Å²) >= 11 is 0. The number of carbonyl (C=O) groups excluding carboxylic acids is 1. The van der Waals surface area contributed by atoms with Crippen molar-refractivity contribution >= 4 is 5.91 Å². The van der Waals surface area contributed by atoms with Crippen LogP contribution in [0.25, 0.3) is 0 Å². The monoisotopic (exact) mass is 278 g/mol. The zero-order valence-corrected chi connectivity index (χ0v) is 12.4. The second-order valence-electron chi connectivity index (χ2n) is 5.40. The average molecular weight is 278 g/mol. The minimum atomic E-state index is 0.0138. The summed E-state index contributed by atoms with van der Waals surface area (Å²) in [6.07, 6.45) is 2.71. The number of likely N-dealkylation sites (N-methyl/N-ethyl adjacent to an activating group) is 1. The summed E-state index contributed by atoms with van der Waals surface area (Å²) in [6, 6.07) is 2.95. The van der Waals surface area contributed by atoms with Gasteiger partial charge in [0, 0.05) is 45.0 Å². The molecule has 1 aliphatic heterocycles. The SMILES string of the molecule is Cc1[c]cn(CC(=O)NCCCN2CCN(C)CC2)n1. The molecule has 1 fully saturated rings. The number of carbonyl (C=O) groups is 1. The van der Waals surface area contributed by atoms with E-state index in [0.29, 0.717) is 0 Å². The van der Waals surface area contributed by atoms with E-state index in [1.807, 2.05) is 6.92 Å². The van der Waals surface area contributed by atoms with E-state index in [-0.39, 0.29) is 12.5 Å². The summed E-state index contributed by atoms with van der Waals surface area (Å²) in [5.74, 6) is 0.0138. The van der Waals surface area contributed by atoms with Gasteiger partial charge in [0.2, 0.25) is 5.91 Å². The maximum atomic E-state index is 11.7. The maximum Gasteiger partial charge on any atom is 0.241 e. The summed E-state index contributed by atoms with van der Waals surface area (Å²) in [7, 11) is 2.16. The number of amides is 1. The molecule has 0 atom stereocenters. The first-order chi connectivity index (χ1) is 9.63. The highest BCUT2D eigenvalue weighted by atomic mass is 16.2. The van der Waals surface area contributed by atoms with Gasteiger partial charge in [-0.3, -0.25) is 9.48 Å². The topological polar surface area (TPSA) is 53.4 Å². The Morgan fingerprint density at radius 1 is 1.40 bits per heavy atom. The molecule has 1 amide bonds. The molecular weight excluding hydrogens is 254 g/mol. The fourth-order valence-electron chi connectivity index (χ4n) is 2.30. The predicted octanol–water partition coefficient (Wildman–Crippen LogP) is -0.255. The molecule has 0 saturated carbocycles. The highest BCUT2D eigenvalue weighted by Gasteiger charge is 2.12. The van der Waals surface area contributed by atoms with Gasteiger partial charge in [-0.15, -0.1) is 0 Å². The third-order valence-corrected chi connectivity index (χ3v) is 3.58. The van der Waals surface area contributed by atoms with Gasteiger partial charge < -0.3 is 15.1 Å². The van der Waals surface area contributed by atoms with Crippen LogP contribution in [0, 0.1) is 13.0 Å². The van der Waals surface area contributed by atoms with E-state index in [1.165, 1.54) is 0 Å². The van der Waals surface area contributed by atoms with Crippen LogP contribution in [-0.4, -0.2) is 71.8 Å². The zero-order chi connectivity index (χ0) is 14.4. The molecule has 0 spiro atoms. The van der Waals surface area contributed by atoms with E-state index in [9.17, 15) is 4.79 Å². The molecule has 20 heavy (non-hydrogen) atoms. The molecule has 1 saturated heterocycles. The lowest BCUT2D eigenvalue weighted by atomic mass is 10.3. The van der Waals surface area contributed by atoms with Crippen molar-refractivity contribution < 1.29 is 4.79 Å². The maximum absolute atomic E-state index is 11.7. The van der Waals surface area contributed by atoms with Crippen molar-refractivity contribution in [2.45, 2.75) is 19.9 Å². The van der Waals surface area contributed by atoms with E-state index >= 15 is 0 Å². The first-order valence-corrected chi connectivity index (χ1v) is 7.23. The normalized spacial score (nSPS) is 17.3. The Kier molecular flexibility index (Phi) is 5.55. The van der Waals surface area contributed by atoms with Crippen molar-refractivity contribution in [3.05, 3.63) is 18.0 Å². The van der Waals surface area contributed by atoms with Crippen molar-refractivity contribution in [3.8, 4) is 0 Å². The number of nitrogens with zero attached hydrogens (tertiary/aromatic N) is 4. The van der Waals surface area contributed by atoms with Crippen molar-refractivity contribution in [3.63, 3.8) is 0 Å². The second kappa shape index (κ2) is 7.40. The highest BCUT2D eigenvalue weighted by molar-refractivity contribution is 5.75. The fourth-order valence-corrected chi connectivity index (χ4v) is 2.30. The second-order valence-corrected chi connectivity index (χ2v) is 5.40. The summed E-state index contributed by atoms with van der Waals surface area (Å²) in [5, 5.41) is 7.08. The van der Waals surface area contributed by atoms with Gasteiger partial charge >= 0.3 is 0 Å². The fraction of sp³-hybridized carbons (Fsp3) is 0.714. The minimum Gasteiger partial charge on any atom is -0.354 e. The highest BCUT2D eigenvalue weighted by Crippen LogP contribution is 1.99. The Morgan fingerprint density at radius 3 is 2.80 bits per heavy atom. The molecule has 1 aromatic rings. The molecular formula is C14H24N5O. The van der Waals surface area contributed by atoms with Crippen LogP contribution >= 0.6 is 0 Å². The van der Waals surface area contributed by atoms with Crippen molar-refractivity contribution in [1.29, 1.82) is 0 Å². The lowest BCUT2D eigenvalue weighted by Gasteiger charge is -2.32. The first-order valence-electron chi connectivity index (χ1n) is 7.23. The quantitative estimate of drug-likeness (QED) is 0.729. The van der Waals surface area contributed by atoms with Crippen LogP contribution in [0.5, 0.6) is 0 Å². The van der Waals surface area contributed by atoms with E-state index in [1.54, 1.807) is 10.9 Å². The Morgan fingerprint density at radius 2 is 2.15 bits per heavy atom. The average Bonchev–Trinajstić information content (AvgIpc) is 2.82. The first kappa shape index (κ1) is 15.0. The molecule has 2 rings (SSSR count). The molecule has 0 bridgehead atoms. The number of piperazine rings is 1. The van der Waals surface area contributed by atoms with Crippen molar-refractivity contribution in [2.75, 3.05) is 46.3 Å². The van der Waals surface area contributed by atoms with E-state index in [2.05, 4.69) is 33.3 Å². The van der Waals surface area contributed by atoms with Gasteiger partial charge in [0.1, 0.15) is 6.54 Å². The van der Waals surface area contributed by atoms with Gasteiger partial charge in [0.05, 0.1) is 5.69 Å². The standard InChI is InChI=1S/C14H24N5O/c1-13-4-7-19(16-13)12-14(20)15-5-3-6-18-10-8-17(2)9-11-18/h7H,3,5-6,8-12H2,1-2H3,(H,15,20). The molecule has 0 aliphatic carbocycles. The number of nitrogens with one attached hydrogen (secondary N) is 1. The third kappa shape index (κ3) is 4.94. The van der Waals surface area contributed by atoms with Crippen molar-refractivity contribution in [1.82, 2.24) is 24.9 Å². The Labute approximate surface area is 120 Å². The summed E-state index contributed by atoms with van der Waals surface area (Å²) in [4.78, 5) is 16.5. The lowest BCUT2D eigenvalue weighted by molar-refractivity contribution is -0.121. The van der Waals surface area contributed by atoms with Crippen LogP contribution in [-0.2, 0) is 11.3 Å². The third-order valence-electron chi connectivity index (χ3n) is 3.58. The molecule has 1 aliphatic rings. The largest absolute Gasteiger partial charge is 0.354 e. The number of hydrogen-bond acceptors (Lipinski definition) is 4. The Balaban J connectivity index is 1.55. The summed E-state index contributed by atoms with van der Waals surface area (Å²) < 4.78 is 1.62. The van der Waals surface area contributed by atoms with Crippen LogP contribution in [0.2, 0.25) is 0 Å². The Hall–Kier alpha value is -1.40. The molecule has 0 unspecified atom stereocenters. The molecule has 111 valence electrons. The molecule has 1 radical (unpaired) electrons. The number of rotatable bonds is 6. The number of hydrogen-bond donors (Lipinski definition) is 1. The van der Waals surface area contributed by atoms with Crippen LogP contribution in [0.4, 0.5) is 0 Å². The minimum absolute atomic E-state index is 0.0138. The predicted molar refractivity (Wildman–Crippen MR) is 77.4 cm³/mol. The van der Waals surface area contributed by atoms with Crippen LogP contribution in [0.3, 0.4) is 0 Å². The zero-order valence-electron chi connectivity index (χ0n) is 12.4. The molecule has 0 aromatic carbocycles. The van der Waals surface area contributed by atoms with Crippen LogP contribution in [0.1, 0.15) is 12.1 Å². The Bertz CT molecular complexity index is 423. The van der Waals surface area contributed by atoms with Gasteiger partial charge in [-0.2, -0.15) is 5.10 Å². The smallest absolute Gasteiger partial charge is 0.241 e. The number of aryl methyl sites for hydroxylation is 1. The number of aromatic nitrogens is 2. The lowest BCUT2D eigenvalue weighted by Crippen LogP contribution is -2.45. The van der Waals surface area contributed by atoms with Crippen LogP contribution < -0.4 is 5.32 Å². The van der Waals surface area contributed by atoms with E-state index in [4.69, 9.17) is 0 Å². The summed E-state index contributed by atoms with van der Waals surface area (Å²) in [5.41, 5.74) is 0.813. The van der Waals surface area contributed by atoms with Gasteiger partial charge in [-0.25, -0.2) is 0 Å². The van der Waals surface area contributed by atoms with Gasteiger partial charge in [-0.05, 0) is 26.9 Å². The van der Waals surface area contributed by atoms with Crippen LogP contribution in [0.15, 0.2) is 6.20 Å². The van der Waals surface area contributed by atoms with Crippen molar-refractivity contribution in [2.24, 2.45) is 0 Å². The molecule has 6 nitrogen and oxygen atoms in total. The molecule has 1 N–H and O–H groups in total. The van der Waals surface area contributed by atoms with E-state index in [0.717, 1.165) is 51.4 Å².